The second-order valence-corrected chi connectivity index (χ2v) is 2.88. The minimum atomic E-state index is -0.203. The average molecular weight is 189 g/mol. The van der Waals surface area contributed by atoms with E-state index in [1.54, 1.807) is 0 Å². The van der Waals surface area contributed by atoms with Crippen molar-refractivity contribution < 1.29 is 14.6 Å². The zero-order valence-electron chi connectivity index (χ0n) is 8.45. The van der Waals surface area contributed by atoms with Gasteiger partial charge >= 0.3 is 5.97 Å². The third-order valence-corrected chi connectivity index (χ3v) is 1.91. The molecule has 78 valence electrons. The highest BCUT2D eigenvalue weighted by Crippen LogP contribution is 1.95. The van der Waals surface area contributed by atoms with Gasteiger partial charge in [-0.25, -0.2) is 0 Å². The van der Waals surface area contributed by atoms with Crippen molar-refractivity contribution in [2.45, 2.75) is 19.8 Å². The third-order valence-electron chi connectivity index (χ3n) is 1.91. The summed E-state index contributed by atoms with van der Waals surface area (Å²) in [5.74, 6) is -0.203. The Morgan fingerprint density at radius 1 is 1.46 bits per heavy atom. The quantitative estimate of drug-likeness (QED) is 0.461. The number of rotatable bonds is 7. The van der Waals surface area contributed by atoms with Crippen molar-refractivity contribution >= 4 is 5.97 Å². The Kier molecular flexibility index (Phi) is 7.63. The summed E-state index contributed by atoms with van der Waals surface area (Å²) in [5.41, 5.74) is 0. The number of hydrogen-bond donors (Lipinski definition) is 1. The molecule has 0 aliphatic rings. The fourth-order valence-corrected chi connectivity index (χ4v) is 1.04. The van der Waals surface area contributed by atoms with Crippen molar-refractivity contribution in [2.75, 3.05) is 33.4 Å². The highest BCUT2D eigenvalue weighted by atomic mass is 16.5. The second kappa shape index (κ2) is 8.01. The van der Waals surface area contributed by atoms with Gasteiger partial charge in [0.2, 0.25) is 0 Å². The number of nitrogens with zero attached hydrogens (tertiary/aromatic N) is 1. The van der Waals surface area contributed by atoms with Gasteiger partial charge in [-0.15, -0.1) is 0 Å². The largest absolute Gasteiger partial charge is 0.468 e. The van der Waals surface area contributed by atoms with E-state index in [9.17, 15) is 4.79 Å². The molecule has 0 aromatic carbocycles. The predicted octanol–water partition coefficient (Wildman–Crippen LogP) is 0.254. The van der Waals surface area contributed by atoms with Crippen LogP contribution >= 0.6 is 0 Å². The van der Waals surface area contributed by atoms with Crippen LogP contribution in [0, 0.1) is 0 Å². The van der Waals surface area contributed by atoms with E-state index < -0.39 is 0 Å². The van der Waals surface area contributed by atoms with Crippen LogP contribution in [0.15, 0.2) is 0 Å². The van der Waals surface area contributed by atoms with Crippen molar-refractivity contribution in [3.05, 3.63) is 0 Å². The maximum Gasteiger partial charge on any atom is 0.319 e. The van der Waals surface area contributed by atoms with Gasteiger partial charge < -0.3 is 9.84 Å². The number of likely N-dealkylation sites (N-methyl/N-ethyl adjacent to an activating group) is 1. The fourth-order valence-electron chi connectivity index (χ4n) is 1.04. The molecule has 13 heavy (non-hydrogen) atoms. The molecule has 4 nitrogen and oxygen atoms in total. The van der Waals surface area contributed by atoms with Gasteiger partial charge in [-0.2, -0.15) is 0 Å². The Morgan fingerprint density at radius 3 is 2.62 bits per heavy atom. The Bertz CT molecular complexity index is 139. The van der Waals surface area contributed by atoms with Gasteiger partial charge in [0.1, 0.15) is 0 Å². The number of ether oxygens (including phenoxy) is 1. The molecule has 0 aliphatic carbocycles. The van der Waals surface area contributed by atoms with Gasteiger partial charge in [-0.1, -0.05) is 6.92 Å². The van der Waals surface area contributed by atoms with Gasteiger partial charge in [-0.3, -0.25) is 9.69 Å². The summed E-state index contributed by atoms with van der Waals surface area (Å²) >= 11 is 0. The topological polar surface area (TPSA) is 49.8 Å². The third kappa shape index (κ3) is 6.54. The van der Waals surface area contributed by atoms with E-state index in [1.807, 2.05) is 11.8 Å². The minimum Gasteiger partial charge on any atom is -0.468 e. The van der Waals surface area contributed by atoms with Crippen molar-refractivity contribution in [3.8, 4) is 0 Å². The smallest absolute Gasteiger partial charge is 0.319 e. The molecule has 1 N–H and O–H groups in total. The molecule has 0 saturated heterocycles. The molecule has 0 saturated carbocycles. The lowest BCUT2D eigenvalue weighted by atomic mass is 10.3. The average Bonchev–Trinajstić information content (AvgIpc) is 2.16. The Morgan fingerprint density at radius 2 is 2.15 bits per heavy atom. The molecule has 0 aromatic rings. The molecule has 4 heteroatoms. The number of carbonyl (C=O) groups excluding carboxylic acids is 1. The summed E-state index contributed by atoms with van der Waals surface area (Å²) < 4.78 is 4.56. The first-order valence-corrected chi connectivity index (χ1v) is 4.64. The summed E-state index contributed by atoms with van der Waals surface area (Å²) in [6, 6.07) is 0. The van der Waals surface area contributed by atoms with Crippen LogP contribution in [0.3, 0.4) is 0 Å². The van der Waals surface area contributed by atoms with Crippen LogP contribution in [0.4, 0.5) is 0 Å². The summed E-state index contributed by atoms with van der Waals surface area (Å²) in [6.07, 6.45) is 1.71. The number of esters is 1. The molecule has 0 spiro atoms. The Balaban J connectivity index is 3.56. The van der Waals surface area contributed by atoms with Crippen LogP contribution in [0.2, 0.25) is 0 Å². The zero-order valence-corrected chi connectivity index (χ0v) is 8.45. The molecule has 0 aliphatic heterocycles. The lowest BCUT2D eigenvalue weighted by Crippen LogP contribution is -2.31. The molecule has 0 heterocycles. The first kappa shape index (κ1) is 12.4. The Hall–Kier alpha value is -0.610. The van der Waals surface area contributed by atoms with Crippen LogP contribution in [0.5, 0.6) is 0 Å². The SMILES string of the molecule is CCN(CCCCO)CC(=O)OC. The van der Waals surface area contributed by atoms with Crippen LogP contribution in [0.1, 0.15) is 19.8 Å². The molecular formula is C9H19NO3. The van der Waals surface area contributed by atoms with E-state index in [-0.39, 0.29) is 12.6 Å². The molecule has 0 fully saturated rings. The summed E-state index contributed by atoms with van der Waals surface area (Å²) in [7, 11) is 1.39. The summed E-state index contributed by atoms with van der Waals surface area (Å²) in [5, 5.41) is 8.57. The molecule has 0 bridgehead atoms. The lowest BCUT2D eigenvalue weighted by molar-refractivity contribution is -0.141. The minimum absolute atomic E-state index is 0.203. The van der Waals surface area contributed by atoms with Crippen molar-refractivity contribution in [1.29, 1.82) is 0 Å². The number of methoxy groups -OCH3 is 1. The van der Waals surface area contributed by atoms with Crippen LogP contribution < -0.4 is 0 Å². The number of unbranched alkanes of at least 4 members (excludes halogenated alkanes) is 1. The summed E-state index contributed by atoms with van der Waals surface area (Å²) in [4.78, 5) is 12.9. The number of aliphatic hydroxyl groups excluding tert-OH is 1. The lowest BCUT2D eigenvalue weighted by Gasteiger charge is -2.18. The molecule has 0 amide bonds. The molecule has 0 aromatic heterocycles. The first-order chi connectivity index (χ1) is 6.24. The van der Waals surface area contributed by atoms with E-state index in [0.717, 1.165) is 25.9 Å². The molecule has 0 radical (unpaired) electrons. The van der Waals surface area contributed by atoms with Gasteiger partial charge in [0.15, 0.2) is 0 Å². The van der Waals surface area contributed by atoms with Crippen molar-refractivity contribution in [1.82, 2.24) is 4.90 Å². The fraction of sp³-hybridized carbons (Fsp3) is 0.889. The van der Waals surface area contributed by atoms with Crippen molar-refractivity contribution in [3.63, 3.8) is 0 Å². The molecular weight excluding hydrogens is 170 g/mol. The maximum absolute atomic E-state index is 10.9. The first-order valence-electron chi connectivity index (χ1n) is 4.64. The molecule has 0 unspecified atom stereocenters. The normalized spacial score (nSPS) is 10.5. The standard InChI is InChI=1S/C9H19NO3/c1-3-10(6-4-5-7-11)8-9(12)13-2/h11H,3-8H2,1-2H3. The molecule has 0 rings (SSSR count). The van der Waals surface area contributed by atoms with E-state index >= 15 is 0 Å². The van der Waals surface area contributed by atoms with Gasteiger partial charge in [-0.05, 0) is 25.9 Å². The number of hydrogen-bond acceptors (Lipinski definition) is 4. The second-order valence-electron chi connectivity index (χ2n) is 2.88. The predicted molar refractivity (Wildman–Crippen MR) is 50.4 cm³/mol. The van der Waals surface area contributed by atoms with E-state index in [0.29, 0.717) is 6.54 Å². The molecule has 0 atom stereocenters. The number of aliphatic hydroxyl groups is 1. The van der Waals surface area contributed by atoms with Gasteiger partial charge in [0.25, 0.3) is 0 Å². The van der Waals surface area contributed by atoms with E-state index in [4.69, 9.17) is 5.11 Å². The van der Waals surface area contributed by atoms with E-state index in [2.05, 4.69) is 4.74 Å². The maximum atomic E-state index is 10.9. The van der Waals surface area contributed by atoms with Gasteiger partial charge in [0.05, 0.1) is 13.7 Å². The summed E-state index contributed by atoms with van der Waals surface area (Å²) in [6.45, 7) is 4.24. The van der Waals surface area contributed by atoms with Gasteiger partial charge in [0, 0.05) is 6.61 Å². The highest BCUT2D eigenvalue weighted by Gasteiger charge is 2.07. The van der Waals surface area contributed by atoms with Crippen LogP contribution in [-0.2, 0) is 9.53 Å². The zero-order chi connectivity index (χ0) is 10.1. The number of carbonyl (C=O) groups is 1. The van der Waals surface area contributed by atoms with E-state index in [1.165, 1.54) is 7.11 Å². The Labute approximate surface area is 79.5 Å². The van der Waals surface area contributed by atoms with Crippen LogP contribution in [-0.4, -0.2) is 49.3 Å². The van der Waals surface area contributed by atoms with Crippen molar-refractivity contribution in [2.24, 2.45) is 0 Å². The highest BCUT2D eigenvalue weighted by molar-refractivity contribution is 5.71. The van der Waals surface area contributed by atoms with Crippen LogP contribution in [0.25, 0.3) is 0 Å². The monoisotopic (exact) mass is 189 g/mol.